The summed E-state index contributed by atoms with van der Waals surface area (Å²) < 4.78 is 11.1. The number of ether oxygens (including phenoxy) is 2. The largest absolute Gasteiger partial charge is 0.497 e. The molecule has 0 aliphatic carbocycles. The van der Waals surface area contributed by atoms with Crippen LogP contribution in [0, 0.1) is 0 Å². The smallest absolute Gasteiger partial charge is 0.119 e. The van der Waals surface area contributed by atoms with Crippen molar-refractivity contribution in [2.24, 2.45) is 0 Å². The molecular weight excluding hydrogens is 268 g/mol. The molecule has 0 fully saturated rings. The van der Waals surface area contributed by atoms with Crippen LogP contribution in [0.5, 0.6) is 5.75 Å². The van der Waals surface area contributed by atoms with Crippen LogP contribution in [0.3, 0.4) is 0 Å². The van der Waals surface area contributed by atoms with Crippen LogP contribution in [-0.4, -0.2) is 18.5 Å². The second-order valence-corrected chi connectivity index (χ2v) is 4.42. The molecule has 0 aromatic heterocycles. The molecule has 3 heteroatoms. The molecule has 2 atom stereocenters. The van der Waals surface area contributed by atoms with Crippen molar-refractivity contribution in [1.29, 1.82) is 0 Å². The highest BCUT2D eigenvalue weighted by atomic mass is 79.9. The predicted octanol–water partition coefficient (Wildman–Crippen LogP) is 3.95. The molecule has 16 heavy (non-hydrogen) atoms. The Bertz CT molecular complexity index is 315. The van der Waals surface area contributed by atoms with E-state index < -0.39 is 0 Å². The third-order valence-corrected chi connectivity index (χ3v) is 3.17. The minimum Gasteiger partial charge on any atom is -0.497 e. The first kappa shape index (κ1) is 13.5. The molecule has 0 bridgehead atoms. The monoisotopic (exact) mass is 286 g/mol. The number of rotatable bonds is 6. The molecule has 0 N–H and O–H groups in total. The maximum atomic E-state index is 5.93. The number of hydrogen-bond donors (Lipinski definition) is 0. The summed E-state index contributed by atoms with van der Waals surface area (Å²) in [5, 5.41) is 0.796. The Morgan fingerprint density at radius 1 is 1.38 bits per heavy atom. The van der Waals surface area contributed by atoms with Crippen molar-refractivity contribution in [3.8, 4) is 5.75 Å². The fraction of sp³-hybridized carbons (Fsp3) is 0.538. The van der Waals surface area contributed by atoms with Crippen molar-refractivity contribution in [3.63, 3.8) is 0 Å². The van der Waals surface area contributed by atoms with Crippen LogP contribution in [0.1, 0.15) is 31.9 Å². The molecule has 0 spiro atoms. The average molecular weight is 287 g/mol. The Hall–Kier alpha value is -0.540. The van der Waals surface area contributed by atoms with Gasteiger partial charge >= 0.3 is 0 Å². The van der Waals surface area contributed by atoms with Crippen molar-refractivity contribution in [1.82, 2.24) is 0 Å². The molecule has 0 amide bonds. The van der Waals surface area contributed by atoms with Crippen LogP contribution < -0.4 is 4.74 Å². The van der Waals surface area contributed by atoms with E-state index in [0.717, 1.165) is 23.1 Å². The van der Waals surface area contributed by atoms with Gasteiger partial charge in [-0.1, -0.05) is 35.0 Å². The van der Waals surface area contributed by atoms with Crippen molar-refractivity contribution < 1.29 is 9.47 Å². The first-order valence-electron chi connectivity index (χ1n) is 5.56. The van der Waals surface area contributed by atoms with Gasteiger partial charge in [0.05, 0.1) is 19.3 Å². The normalized spacial score (nSPS) is 14.5. The zero-order valence-electron chi connectivity index (χ0n) is 10.1. The Morgan fingerprint density at radius 3 is 2.69 bits per heavy atom. The fourth-order valence-corrected chi connectivity index (χ4v) is 1.95. The Balaban J connectivity index is 2.77. The summed E-state index contributed by atoms with van der Waals surface area (Å²) in [4.78, 5) is 0. The molecule has 90 valence electrons. The summed E-state index contributed by atoms with van der Waals surface area (Å²) >= 11 is 3.49. The van der Waals surface area contributed by atoms with Gasteiger partial charge < -0.3 is 9.47 Å². The Labute approximate surface area is 106 Å². The fourth-order valence-electron chi connectivity index (χ4n) is 1.42. The summed E-state index contributed by atoms with van der Waals surface area (Å²) in [7, 11) is 1.68. The number of methoxy groups -OCH3 is 1. The number of halogens is 1. The van der Waals surface area contributed by atoms with Gasteiger partial charge in [-0.25, -0.2) is 0 Å². The van der Waals surface area contributed by atoms with Gasteiger partial charge in [-0.3, -0.25) is 0 Å². The molecule has 1 aromatic carbocycles. The van der Waals surface area contributed by atoms with E-state index in [2.05, 4.69) is 35.8 Å². The minimum atomic E-state index is 0.0880. The summed E-state index contributed by atoms with van der Waals surface area (Å²) in [5.74, 6) is 0.871. The van der Waals surface area contributed by atoms with Crippen molar-refractivity contribution >= 4 is 15.9 Å². The molecule has 0 saturated carbocycles. The van der Waals surface area contributed by atoms with E-state index in [9.17, 15) is 0 Å². The van der Waals surface area contributed by atoms with E-state index in [1.54, 1.807) is 7.11 Å². The Morgan fingerprint density at radius 2 is 2.12 bits per heavy atom. The molecule has 0 radical (unpaired) electrons. The first-order chi connectivity index (χ1) is 7.71. The lowest BCUT2D eigenvalue weighted by Gasteiger charge is -2.20. The number of alkyl halides is 1. The summed E-state index contributed by atoms with van der Waals surface area (Å²) in [6.07, 6.45) is 1.38. The highest BCUT2D eigenvalue weighted by Gasteiger charge is 2.14. The zero-order valence-corrected chi connectivity index (χ0v) is 11.7. The summed E-state index contributed by atoms with van der Waals surface area (Å²) in [5.41, 5.74) is 1.15. The summed E-state index contributed by atoms with van der Waals surface area (Å²) in [6, 6.07) is 8.02. The highest BCUT2D eigenvalue weighted by molar-refractivity contribution is 9.09. The molecule has 2 unspecified atom stereocenters. The van der Waals surface area contributed by atoms with Crippen LogP contribution in [0.4, 0.5) is 0 Å². The van der Waals surface area contributed by atoms with Gasteiger partial charge in [0.15, 0.2) is 0 Å². The first-order valence-corrected chi connectivity index (χ1v) is 6.68. The molecule has 0 aliphatic rings. The van der Waals surface area contributed by atoms with Crippen LogP contribution in [-0.2, 0) is 4.74 Å². The average Bonchev–Trinajstić information content (AvgIpc) is 2.35. The lowest BCUT2D eigenvalue weighted by atomic mass is 10.1. The molecule has 2 nitrogen and oxygen atoms in total. The van der Waals surface area contributed by atoms with E-state index in [0.29, 0.717) is 0 Å². The SMILES string of the molecule is CCC(C)OC(CBr)c1cccc(OC)c1. The molecular formula is C13H19BrO2. The Kier molecular flexibility index (Phi) is 5.85. The van der Waals surface area contributed by atoms with Crippen LogP contribution in [0.25, 0.3) is 0 Å². The maximum Gasteiger partial charge on any atom is 0.119 e. The van der Waals surface area contributed by atoms with Gasteiger partial charge in [0.2, 0.25) is 0 Å². The molecule has 0 heterocycles. The molecule has 1 rings (SSSR count). The molecule has 0 aliphatic heterocycles. The third kappa shape index (κ3) is 3.80. The van der Waals surface area contributed by atoms with Crippen LogP contribution in [0.2, 0.25) is 0 Å². The lowest BCUT2D eigenvalue weighted by molar-refractivity contribution is 0.00876. The van der Waals surface area contributed by atoms with E-state index >= 15 is 0 Å². The topological polar surface area (TPSA) is 18.5 Å². The quantitative estimate of drug-likeness (QED) is 0.738. The van der Waals surface area contributed by atoms with Crippen molar-refractivity contribution in [3.05, 3.63) is 29.8 Å². The van der Waals surface area contributed by atoms with E-state index in [-0.39, 0.29) is 12.2 Å². The highest BCUT2D eigenvalue weighted by Crippen LogP contribution is 2.25. The summed E-state index contributed by atoms with van der Waals surface area (Å²) in [6.45, 7) is 4.22. The van der Waals surface area contributed by atoms with Gasteiger partial charge in [0.25, 0.3) is 0 Å². The van der Waals surface area contributed by atoms with Gasteiger partial charge in [0, 0.05) is 5.33 Å². The molecule has 0 saturated heterocycles. The van der Waals surface area contributed by atoms with Gasteiger partial charge in [-0.05, 0) is 31.0 Å². The second-order valence-electron chi connectivity index (χ2n) is 3.77. The zero-order chi connectivity index (χ0) is 12.0. The standard InChI is InChI=1S/C13H19BrO2/c1-4-10(2)16-13(9-14)11-6-5-7-12(8-11)15-3/h5-8,10,13H,4,9H2,1-3H3. The second kappa shape index (κ2) is 6.92. The van der Waals surface area contributed by atoms with Gasteiger partial charge in [0.1, 0.15) is 5.75 Å². The van der Waals surface area contributed by atoms with E-state index in [4.69, 9.17) is 9.47 Å². The van der Waals surface area contributed by atoms with Gasteiger partial charge in [-0.15, -0.1) is 0 Å². The third-order valence-electron chi connectivity index (χ3n) is 2.58. The number of hydrogen-bond acceptors (Lipinski definition) is 2. The van der Waals surface area contributed by atoms with Crippen molar-refractivity contribution in [2.75, 3.05) is 12.4 Å². The van der Waals surface area contributed by atoms with Gasteiger partial charge in [-0.2, -0.15) is 0 Å². The maximum absolute atomic E-state index is 5.93. The predicted molar refractivity (Wildman–Crippen MR) is 70.4 cm³/mol. The van der Waals surface area contributed by atoms with E-state index in [1.807, 2.05) is 18.2 Å². The van der Waals surface area contributed by atoms with E-state index in [1.165, 1.54) is 0 Å². The molecule has 1 aromatic rings. The van der Waals surface area contributed by atoms with Crippen molar-refractivity contribution in [2.45, 2.75) is 32.5 Å². The van der Waals surface area contributed by atoms with Crippen LogP contribution in [0.15, 0.2) is 24.3 Å². The number of benzene rings is 1. The van der Waals surface area contributed by atoms with Crippen LogP contribution >= 0.6 is 15.9 Å². The minimum absolute atomic E-state index is 0.0880. The lowest BCUT2D eigenvalue weighted by Crippen LogP contribution is -2.14.